The van der Waals surface area contributed by atoms with E-state index in [2.05, 4.69) is 11.2 Å². The zero-order chi connectivity index (χ0) is 13.4. The molecule has 1 fully saturated rings. The standard InChI is InChI=1S/C14H20N4O/c1-17-11(9-15)7-14(19)18-13(17)8-12(16-18)10-5-3-2-4-6-10/h7-8,10H,2-6,9,15H2,1H3. The lowest BCUT2D eigenvalue weighted by atomic mass is 9.87. The van der Waals surface area contributed by atoms with Crippen LogP contribution < -0.4 is 11.3 Å². The molecule has 0 unspecified atom stereocenters. The van der Waals surface area contributed by atoms with Crippen molar-refractivity contribution in [1.29, 1.82) is 0 Å². The maximum atomic E-state index is 12.0. The first kappa shape index (κ1) is 12.4. The van der Waals surface area contributed by atoms with Crippen molar-refractivity contribution in [3.8, 4) is 0 Å². The van der Waals surface area contributed by atoms with Crippen molar-refractivity contribution in [1.82, 2.24) is 14.2 Å². The van der Waals surface area contributed by atoms with Gasteiger partial charge in [-0.2, -0.15) is 9.61 Å². The third kappa shape index (κ3) is 2.08. The van der Waals surface area contributed by atoms with Gasteiger partial charge in [0, 0.05) is 37.3 Å². The minimum Gasteiger partial charge on any atom is -0.331 e. The molecular formula is C14H20N4O. The summed E-state index contributed by atoms with van der Waals surface area (Å²) in [6.07, 6.45) is 6.23. The van der Waals surface area contributed by atoms with Gasteiger partial charge < -0.3 is 10.3 Å². The van der Waals surface area contributed by atoms with E-state index in [1.165, 1.54) is 36.6 Å². The highest BCUT2D eigenvalue weighted by Gasteiger charge is 2.19. The second kappa shape index (κ2) is 4.81. The van der Waals surface area contributed by atoms with Crippen molar-refractivity contribution in [3.05, 3.63) is 33.9 Å². The van der Waals surface area contributed by atoms with Gasteiger partial charge in [0.05, 0.1) is 5.69 Å². The fraction of sp³-hybridized carbons (Fsp3) is 0.571. The first-order valence-electron chi connectivity index (χ1n) is 6.99. The number of rotatable bonds is 2. The van der Waals surface area contributed by atoms with Crippen molar-refractivity contribution in [2.75, 3.05) is 0 Å². The molecule has 1 aliphatic rings. The Morgan fingerprint density at radius 3 is 2.74 bits per heavy atom. The predicted octanol–water partition coefficient (Wildman–Crippen LogP) is 1.54. The number of nitrogens with zero attached hydrogens (tertiary/aromatic N) is 3. The van der Waals surface area contributed by atoms with Crippen LogP contribution in [-0.4, -0.2) is 14.2 Å². The summed E-state index contributed by atoms with van der Waals surface area (Å²) in [7, 11) is 1.93. The molecule has 0 amide bonds. The van der Waals surface area contributed by atoms with Crippen LogP contribution in [0.3, 0.4) is 0 Å². The molecule has 1 aliphatic carbocycles. The maximum absolute atomic E-state index is 12.0. The third-order valence-electron chi connectivity index (χ3n) is 4.22. The lowest BCUT2D eigenvalue weighted by molar-refractivity contribution is 0.435. The number of fused-ring (bicyclic) bond motifs is 1. The SMILES string of the molecule is Cn1c(CN)cc(=O)n2nc(C3CCCCC3)cc12. The fourth-order valence-corrected chi connectivity index (χ4v) is 3.03. The van der Waals surface area contributed by atoms with Crippen LogP contribution in [-0.2, 0) is 13.6 Å². The van der Waals surface area contributed by atoms with Crippen LogP contribution in [0.1, 0.15) is 49.4 Å². The van der Waals surface area contributed by atoms with Crippen molar-refractivity contribution in [2.45, 2.75) is 44.6 Å². The highest BCUT2D eigenvalue weighted by atomic mass is 16.1. The van der Waals surface area contributed by atoms with Gasteiger partial charge >= 0.3 is 0 Å². The summed E-state index contributed by atoms with van der Waals surface area (Å²) in [6.45, 7) is 0.367. The highest BCUT2D eigenvalue weighted by molar-refractivity contribution is 5.42. The van der Waals surface area contributed by atoms with E-state index in [9.17, 15) is 4.79 Å². The zero-order valence-corrected chi connectivity index (χ0v) is 11.3. The normalized spacial score (nSPS) is 17.2. The van der Waals surface area contributed by atoms with Crippen LogP contribution >= 0.6 is 0 Å². The van der Waals surface area contributed by atoms with Crippen molar-refractivity contribution in [3.63, 3.8) is 0 Å². The van der Waals surface area contributed by atoms with Crippen LogP contribution in [0.5, 0.6) is 0 Å². The smallest absolute Gasteiger partial charge is 0.274 e. The van der Waals surface area contributed by atoms with Gasteiger partial charge in [-0.15, -0.1) is 0 Å². The molecule has 2 N–H and O–H groups in total. The second-order valence-electron chi connectivity index (χ2n) is 5.41. The average molecular weight is 260 g/mol. The van der Waals surface area contributed by atoms with Gasteiger partial charge in [-0.25, -0.2) is 0 Å². The molecular weight excluding hydrogens is 240 g/mol. The summed E-state index contributed by atoms with van der Waals surface area (Å²) in [6, 6.07) is 3.63. The number of hydrogen-bond donors (Lipinski definition) is 1. The summed E-state index contributed by atoms with van der Waals surface area (Å²) >= 11 is 0. The van der Waals surface area contributed by atoms with Crippen molar-refractivity contribution >= 4 is 5.65 Å². The Balaban J connectivity index is 2.12. The molecule has 0 spiro atoms. The van der Waals surface area contributed by atoms with E-state index in [-0.39, 0.29) is 5.56 Å². The Hall–Kier alpha value is -1.62. The zero-order valence-electron chi connectivity index (χ0n) is 11.3. The molecule has 0 bridgehead atoms. The molecule has 19 heavy (non-hydrogen) atoms. The molecule has 2 aromatic rings. The van der Waals surface area contributed by atoms with E-state index in [1.54, 1.807) is 6.07 Å². The first-order valence-corrected chi connectivity index (χ1v) is 6.99. The van der Waals surface area contributed by atoms with Crippen LogP contribution in [0, 0.1) is 0 Å². The Kier molecular flexibility index (Phi) is 3.14. The lowest BCUT2D eigenvalue weighted by Gasteiger charge is -2.18. The Morgan fingerprint density at radius 1 is 1.32 bits per heavy atom. The molecule has 0 aliphatic heterocycles. The summed E-state index contributed by atoms with van der Waals surface area (Å²) < 4.78 is 3.46. The third-order valence-corrected chi connectivity index (χ3v) is 4.22. The molecule has 0 radical (unpaired) electrons. The summed E-state index contributed by atoms with van der Waals surface area (Å²) in [5.74, 6) is 0.509. The van der Waals surface area contributed by atoms with Crippen molar-refractivity contribution in [2.24, 2.45) is 12.8 Å². The van der Waals surface area contributed by atoms with Crippen LogP contribution in [0.15, 0.2) is 16.9 Å². The molecule has 0 atom stereocenters. The summed E-state index contributed by atoms with van der Waals surface area (Å²) in [5.41, 5.74) is 8.32. The van der Waals surface area contributed by atoms with E-state index >= 15 is 0 Å². The molecule has 5 nitrogen and oxygen atoms in total. The predicted molar refractivity (Wildman–Crippen MR) is 74.2 cm³/mol. The van der Waals surface area contributed by atoms with Crippen LogP contribution in [0.25, 0.3) is 5.65 Å². The van der Waals surface area contributed by atoms with Gasteiger partial charge in [-0.1, -0.05) is 19.3 Å². The van der Waals surface area contributed by atoms with Gasteiger partial charge in [-0.05, 0) is 12.8 Å². The molecule has 3 rings (SSSR count). The average Bonchev–Trinajstić information content (AvgIpc) is 2.90. The number of nitrogens with two attached hydrogens (primary N) is 1. The van der Waals surface area contributed by atoms with Gasteiger partial charge in [0.15, 0.2) is 0 Å². The molecule has 5 heteroatoms. The topological polar surface area (TPSA) is 65.3 Å². The second-order valence-corrected chi connectivity index (χ2v) is 5.41. The summed E-state index contributed by atoms with van der Waals surface area (Å²) in [4.78, 5) is 12.0. The van der Waals surface area contributed by atoms with Gasteiger partial charge in [0.25, 0.3) is 5.56 Å². The number of aromatic nitrogens is 3. The van der Waals surface area contributed by atoms with Gasteiger partial charge in [-0.3, -0.25) is 4.79 Å². The molecule has 0 saturated heterocycles. The van der Waals surface area contributed by atoms with E-state index < -0.39 is 0 Å². The Labute approximate surface area is 112 Å². The quantitative estimate of drug-likeness (QED) is 0.890. The highest BCUT2D eigenvalue weighted by Crippen LogP contribution is 2.32. The minimum atomic E-state index is -0.0874. The molecule has 2 aromatic heterocycles. The minimum absolute atomic E-state index is 0.0874. The van der Waals surface area contributed by atoms with Crippen LogP contribution in [0.4, 0.5) is 0 Å². The van der Waals surface area contributed by atoms with E-state index in [4.69, 9.17) is 5.73 Å². The Bertz CT molecular complexity index is 649. The molecule has 0 aromatic carbocycles. The first-order chi connectivity index (χ1) is 9.20. The van der Waals surface area contributed by atoms with E-state index in [0.717, 1.165) is 17.0 Å². The molecule has 2 heterocycles. The van der Waals surface area contributed by atoms with E-state index in [0.29, 0.717) is 12.5 Å². The van der Waals surface area contributed by atoms with E-state index in [1.807, 2.05) is 11.6 Å². The van der Waals surface area contributed by atoms with Crippen molar-refractivity contribution < 1.29 is 0 Å². The maximum Gasteiger partial charge on any atom is 0.274 e. The monoisotopic (exact) mass is 260 g/mol. The summed E-state index contributed by atoms with van der Waals surface area (Å²) in [5, 5.41) is 4.51. The Morgan fingerprint density at radius 2 is 2.05 bits per heavy atom. The number of aryl methyl sites for hydroxylation is 1. The van der Waals surface area contributed by atoms with Gasteiger partial charge in [0.2, 0.25) is 0 Å². The van der Waals surface area contributed by atoms with Gasteiger partial charge in [0.1, 0.15) is 5.65 Å². The molecule has 1 saturated carbocycles. The fourth-order valence-electron chi connectivity index (χ4n) is 3.03. The lowest BCUT2D eigenvalue weighted by Crippen LogP contribution is -2.21. The van der Waals surface area contributed by atoms with Crippen LogP contribution in [0.2, 0.25) is 0 Å². The number of hydrogen-bond acceptors (Lipinski definition) is 3. The largest absolute Gasteiger partial charge is 0.331 e. The molecule has 102 valence electrons.